The number of benzene rings is 1. The molecule has 1 aliphatic heterocycles. The topological polar surface area (TPSA) is 34.4 Å². The predicted molar refractivity (Wildman–Crippen MR) is 74.9 cm³/mol. The molecule has 4 heteroatoms. The van der Waals surface area contributed by atoms with Gasteiger partial charge in [0.05, 0.1) is 18.9 Å². The van der Waals surface area contributed by atoms with E-state index in [9.17, 15) is 0 Å². The highest BCUT2D eigenvalue weighted by molar-refractivity contribution is 6.29. The summed E-state index contributed by atoms with van der Waals surface area (Å²) in [5.41, 5.74) is 3.34. The van der Waals surface area contributed by atoms with E-state index in [2.05, 4.69) is 30.4 Å². The molecule has 0 saturated heterocycles. The van der Waals surface area contributed by atoms with Gasteiger partial charge in [-0.2, -0.15) is 0 Å². The number of ether oxygens (including phenoxy) is 1. The molecule has 100 valence electrons. The molecule has 1 atom stereocenters. The molecule has 0 aliphatic carbocycles. The van der Waals surface area contributed by atoms with Crippen molar-refractivity contribution in [3.63, 3.8) is 0 Å². The van der Waals surface area contributed by atoms with Crippen molar-refractivity contribution >= 4 is 11.6 Å². The highest BCUT2D eigenvalue weighted by Gasteiger charge is 2.25. The minimum absolute atomic E-state index is 0.00398. The summed E-state index contributed by atoms with van der Waals surface area (Å²) in [5, 5.41) is 3.88. The van der Waals surface area contributed by atoms with Gasteiger partial charge in [0, 0.05) is 17.5 Å². The quantitative estimate of drug-likeness (QED) is 0.928. The zero-order valence-electron chi connectivity index (χ0n) is 10.8. The van der Waals surface area contributed by atoms with E-state index in [0.29, 0.717) is 5.22 Å². The molecule has 0 fully saturated rings. The Bertz CT molecular complexity index is 579. The molecule has 3 rings (SSSR count). The standard InChI is InChI=1S/C15H16ClNO2/c1-2-17-13(12-7-9-19-15(12)16)11-5-3-4-10-6-8-18-14(10)11/h3-5,7,9,13,17H,2,6,8H2,1H3. The molecule has 1 N–H and O–H groups in total. The van der Waals surface area contributed by atoms with Crippen LogP contribution in [0.15, 0.2) is 34.9 Å². The van der Waals surface area contributed by atoms with Crippen LogP contribution in [0.25, 0.3) is 0 Å². The third kappa shape index (κ3) is 2.24. The average molecular weight is 278 g/mol. The lowest BCUT2D eigenvalue weighted by molar-refractivity contribution is 0.350. The summed E-state index contributed by atoms with van der Waals surface area (Å²) < 4.78 is 11.0. The monoisotopic (exact) mass is 277 g/mol. The summed E-state index contributed by atoms with van der Waals surface area (Å²) >= 11 is 6.12. The first kappa shape index (κ1) is 12.6. The van der Waals surface area contributed by atoms with E-state index >= 15 is 0 Å². The fourth-order valence-electron chi connectivity index (χ4n) is 2.57. The number of hydrogen-bond donors (Lipinski definition) is 1. The molecule has 1 unspecified atom stereocenters. The third-order valence-electron chi connectivity index (χ3n) is 3.42. The SMILES string of the molecule is CCNC(c1ccoc1Cl)c1cccc2c1OCC2. The Balaban J connectivity index is 2.06. The zero-order chi connectivity index (χ0) is 13.2. The highest BCUT2D eigenvalue weighted by atomic mass is 35.5. The van der Waals surface area contributed by atoms with Gasteiger partial charge in [-0.1, -0.05) is 25.1 Å². The van der Waals surface area contributed by atoms with Gasteiger partial charge in [0.15, 0.2) is 5.22 Å². The molecule has 1 aromatic carbocycles. The molecule has 3 nitrogen and oxygen atoms in total. The molecule has 2 heterocycles. The first-order valence-electron chi connectivity index (χ1n) is 6.52. The van der Waals surface area contributed by atoms with Crippen LogP contribution in [-0.2, 0) is 6.42 Å². The average Bonchev–Trinajstić information content (AvgIpc) is 3.04. The van der Waals surface area contributed by atoms with Gasteiger partial charge in [-0.25, -0.2) is 0 Å². The molecule has 19 heavy (non-hydrogen) atoms. The van der Waals surface area contributed by atoms with E-state index in [1.807, 2.05) is 6.07 Å². The van der Waals surface area contributed by atoms with Crippen LogP contribution in [0.5, 0.6) is 5.75 Å². The molecule has 0 spiro atoms. The molecule has 0 amide bonds. The maximum absolute atomic E-state index is 6.12. The molecule has 0 radical (unpaired) electrons. The van der Waals surface area contributed by atoms with Gasteiger partial charge in [-0.05, 0) is 29.8 Å². The summed E-state index contributed by atoms with van der Waals surface area (Å²) in [7, 11) is 0. The van der Waals surface area contributed by atoms with Crippen LogP contribution < -0.4 is 10.1 Å². The van der Waals surface area contributed by atoms with Gasteiger partial charge in [-0.15, -0.1) is 0 Å². The Hall–Kier alpha value is -1.45. The van der Waals surface area contributed by atoms with Crippen LogP contribution in [0.3, 0.4) is 0 Å². The van der Waals surface area contributed by atoms with E-state index in [0.717, 1.165) is 36.4 Å². The Labute approximate surface area is 117 Å². The van der Waals surface area contributed by atoms with Crippen molar-refractivity contribution in [3.05, 3.63) is 52.4 Å². The van der Waals surface area contributed by atoms with Gasteiger partial charge in [0.25, 0.3) is 0 Å². The number of nitrogens with one attached hydrogen (secondary N) is 1. The Morgan fingerprint density at radius 3 is 2.95 bits per heavy atom. The second-order valence-corrected chi connectivity index (χ2v) is 4.92. The minimum atomic E-state index is 0.00398. The lowest BCUT2D eigenvalue weighted by atomic mass is 9.97. The summed E-state index contributed by atoms with van der Waals surface area (Å²) in [4.78, 5) is 0. The number of hydrogen-bond acceptors (Lipinski definition) is 3. The number of rotatable bonds is 4. The Morgan fingerprint density at radius 2 is 2.21 bits per heavy atom. The van der Waals surface area contributed by atoms with Gasteiger partial charge >= 0.3 is 0 Å². The molecule has 0 saturated carbocycles. The molecule has 1 aliphatic rings. The van der Waals surface area contributed by atoms with E-state index in [1.165, 1.54) is 5.56 Å². The van der Waals surface area contributed by atoms with Crippen LogP contribution in [0.2, 0.25) is 5.22 Å². The number of para-hydroxylation sites is 1. The van der Waals surface area contributed by atoms with Crippen molar-refractivity contribution < 1.29 is 9.15 Å². The van der Waals surface area contributed by atoms with E-state index in [-0.39, 0.29) is 6.04 Å². The van der Waals surface area contributed by atoms with E-state index < -0.39 is 0 Å². The number of fused-ring (bicyclic) bond motifs is 1. The predicted octanol–water partition coefficient (Wildman–Crippen LogP) is 3.57. The summed E-state index contributed by atoms with van der Waals surface area (Å²) in [6.45, 7) is 3.67. The van der Waals surface area contributed by atoms with E-state index in [1.54, 1.807) is 6.26 Å². The smallest absolute Gasteiger partial charge is 0.198 e. The van der Waals surface area contributed by atoms with Crippen LogP contribution in [0.4, 0.5) is 0 Å². The van der Waals surface area contributed by atoms with Crippen molar-refractivity contribution in [2.24, 2.45) is 0 Å². The van der Waals surface area contributed by atoms with Crippen molar-refractivity contribution in [3.8, 4) is 5.75 Å². The normalized spacial score (nSPS) is 15.1. The third-order valence-corrected chi connectivity index (χ3v) is 3.73. The van der Waals surface area contributed by atoms with Gasteiger partial charge in [0.2, 0.25) is 0 Å². The summed E-state index contributed by atoms with van der Waals surface area (Å²) in [6.07, 6.45) is 2.59. The van der Waals surface area contributed by atoms with Crippen LogP contribution in [-0.4, -0.2) is 13.2 Å². The second kappa shape index (κ2) is 5.27. The van der Waals surface area contributed by atoms with Crippen molar-refractivity contribution in [1.82, 2.24) is 5.32 Å². The Morgan fingerprint density at radius 1 is 1.32 bits per heavy atom. The van der Waals surface area contributed by atoms with Crippen LogP contribution in [0.1, 0.15) is 29.7 Å². The van der Waals surface area contributed by atoms with E-state index in [4.69, 9.17) is 20.8 Å². The number of halogens is 1. The van der Waals surface area contributed by atoms with Gasteiger partial charge < -0.3 is 14.5 Å². The van der Waals surface area contributed by atoms with Gasteiger partial charge in [0.1, 0.15) is 5.75 Å². The van der Waals surface area contributed by atoms with Crippen molar-refractivity contribution in [1.29, 1.82) is 0 Å². The maximum atomic E-state index is 6.12. The van der Waals surface area contributed by atoms with Gasteiger partial charge in [-0.3, -0.25) is 0 Å². The summed E-state index contributed by atoms with van der Waals surface area (Å²) in [5.74, 6) is 0.991. The lowest BCUT2D eigenvalue weighted by Gasteiger charge is -2.20. The maximum Gasteiger partial charge on any atom is 0.198 e. The fraction of sp³-hybridized carbons (Fsp3) is 0.333. The van der Waals surface area contributed by atoms with Crippen LogP contribution >= 0.6 is 11.6 Å². The van der Waals surface area contributed by atoms with Crippen molar-refractivity contribution in [2.75, 3.05) is 13.2 Å². The molecular weight excluding hydrogens is 262 g/mol. The van der Waals surface area contributed by atoms with Crippen LogP contribution in [0, 0.1) is 0 Å². The molecule has 2 aromatic rings. The minimum Gasteiger partial charge on any atom is -0.493 e. The summed E-state index contributed by atoms with van der Waals surface area (Å²) in [6, 6.07) is 8.18. The Kier molecular flexibility index (Phi) is 3.49. The largest absolute Gasteiger partial charge is 0.493 e. The first-order chi connectivity index (χ1) is 9.31. The lowest BCUT2D eigenvalue weighted by Crippen LogP contribution is -2.22. The first-order valence-corrected chi connectivity index (χ1v) is 6.90. The highest BCUT2D eigenvalue weighted by Crippen LogP contribution is 2.38. The number of furan rings is 1. The second-order valence-electron chi connectivity index (χ2n) is 4.57. The molecular formula is C15H16ClNO2. The molecule has 0 bridgehead atoms. The zero-order valence-corrected chi connectivity index (χ0v) is 11.5. The molecule has 1 aromatic heterocycles. The fourth-order valence-corrected chi connectivity index (χ4v) is 2.79. The van der Waals surface area contributed by atoms with Crippen molar-refractivity contribution in [2.45, 2.75) is 19.4 Å².